The van der Waals surface area contributed by atoms with Crippen molar-refractivity contribution in [2.75, 3.05) is 12.4 Å². The molecule has 1 unspecified atom stereocenters. The number of benzene rings is 1. The van der Waals surface area contributed by atoms with E-state index >= 15 is 0 Å². The molecular weight excluding hydrogens is 262 g/mol. The van der Waals surface area contributed by atoms with Crippen LogP contribution in [0.4, 0.5) is 0 Å². The molecule has 4 nitrogen and oxygen atoms in total. The van der Waals surface area contributed by atoms with Crippen LogP contribution in [-0.4, -0.2) is 26.3 Å². The van der Waals surface area contributed by atoms with Crippen LogP contribution in [0.5, 0.6) is 5.75 Å². The number of hydrogen-bond acceptors (Lipinski definition) is 4. The van der Waals surface area contributed by atoms with Gasteiger partial charge in [-0.05, 0) is 31.9 Å². The molecule has 1 rings (SSSR count). The molecule has 0 aliphatic carbocycles. The first-order chi connectivity index (χ1) is 8.82. The van der Waals surface area contributed by atoms with Gasteiger partial charge in [-0.1, -0.05) is 26.0 Å². The molecule has 0 bridgehead atoms. The van der Waals surface area contributed by atoms with E-state index < -0.39 is 15.4 Å². The standard InChI is InChI=1S/C14H23NO3S/c1-4-10-19(16,17)13-9-7-6-8-12(13)18-11-14(3,15)5-2/h6-9H,4-5,10-11,15H2,1-3H3. The third kappa shape index (κ3) is 4.51. The number of para-hydroxylation sites is 1. The summed E-state index contributed by atoms with van der Waals surface area (Å²) in [5.41, 5.74) is 5.55. The Kier molecular flexibility index (Phi) is 5.38. The van der Waals surface area contributed by atoms with Gasteiger partial charge in [0.1, 0.15) is 17.3 Å². The second kappa shape index (κ2) is 6.39. The zero-order chi connectivity index (χ0) is 14.5. The molecule has 1 aromatic carbocycles. The van der Waals surface area contributed by atoms with E-state index in [9.17, 15) is 8.42 Å². The minimum absolute atomic E-state index is 0.126. The highest BCUT2D eigenvalue weighted by Crippen LogP contribution is 2.25. The minimum atomic E-state index is -3.28. The molecule has 1 aromatic rings. The predicted octanol–water partition coefficient (Wildman–Crippen LogP) is 2.38. The quantitative estimate of drug-likeness (QED) is 0.835. The molecule has 0 fully saturated rings. The molecule has 0 aliphatic heterocycles. The van der Waals surface area contributed by atoms with Crippen molar-refractivity contribution < 1.29 is 13.2 Å². The number of ether oxygens (including phenoxy) is 1. The Morgan fingerprint density at radius 3 is 2.47 bits per heavy atom. The fourth-order valence-electron chi connectivity index (χ4n) is 1.55. The largest absolute Gasteiger partial charge is 0.490 e. The van der Waals surface area contributed by atoms with Crippen LogP contribution in [0, 0.1) is 0 Å². The molecule has 0 radical (unpaired) electrons. The molecule has 0 saturated heterocycles. The second-order valence-corrected chi connectivity index (χ2v) is 7.14. The van der Waals surface area contributed by atoms with Gasteiger partial charge < -0.3 is 10.5 Å². The molecule has 0 aliphatic rings. The monoisotopic (exact) mass is 285 g/mol. The van der Waals surface area contributed by atoms with Crippen LogP contribution in [0.1, 0.15) is 33.6 Å². The molecule has 0 saturated carbocycles. The number of nitrogens with two attached hydrogens (primary N) is 1. The maximum absolute atomic E-state index is 12.1. The average Bonchev–Trinajstić information content (AvgIpc) is 2.37. The van der Waals surface area contributed by atoms with Crippen molar-refractivity contribution in [3.63, 3.8) is 0 Å². The van der Waals surface area contributed by atoms with Gasteiger partial charge in [-0.15, -0.1) is 0 Å². The third-order valence-electron chi connectivity index (χ3n) is 3.02. The fourth-order valence-corrected chi connectivity index (χ4v) is 3.03. The summed E-state index contributed by atoms with van der Waals surface area (Å²) in [6.07, 6.45) is 1.34. The Bertz CT molecular complexity index is 509. The van der Waals surface area contributed by atoms with Crippen LogP contribution in [0.3, 0.4) is 0 Å². The van der Waals surface area contributed by atoms with Crippen LogP contribution in [-0.2, 0) is 9.84 Å². The highest BCUT2D eigenvalue weighted by atomic mass is 32.2. The zero-order valence-electron chi connectivity index (χ0n) is 11.8. The van der Waals surface area contributed by atoms with Gasteiger partial charge >= 0.3 is 0 Å². The van der Waals surface area contributed by atoms with Gasteiger partial charge in [0.05, 0.1) is 5.75 Å². The van der Waals surface area contributed by atoms with E-state index in [4.69, 9.17) is 10.5 Å². The SMILES string of the molecule is CCCS(=O)(=O)c1ccccc1OCC(C)(N)CC. The van der Waals surface area contributed by atoms with E-state index in [1.54, 1.807) is 24.3 Å². The first-order valence-electron chi connectivity index (χ1n) is 6.56. The first kappa shape index (κ1) is 16.0. The maximum atomic E-state index is 12.1. The molecule has 1 atom stereocenters. The highest BCUT2D eigenvalue weighted by Gasteiger charge is 2.21. The molecule has 108 valence electrons. The number of sulfone groups is 1. The lowest BCUT2D eigenvalue weighted by Crippen LogP contribution is -2.41. The molecule has 0 heterocycles. The van der Waals surface area contributed by atoms with E-state index in [1.165, 1.54) is 0 Å². The fraction of sp³-hybridized carbons (Fsp3) is 0.571. The van der Waals surface area contributed by atoms with Crippen LogP contribution in [0.2, 0.25) is 0 Å². The van der Waals surface area contributed by atoms with Crippen LogP contribution < -0.4 is 10.5 Å². The van der Waals surface area contributed by atoms with Crippen LogP contribution in [0.25, 0.3) is 0 Å². The van der Waals surface area contributed by atoms with Crippen molar-refractivity contribution >= 4 is 9.84 Å². The van der Waals surface area contributed by atoms with Gasteiger partial charge in [0.15, 0.2) is 9.84 Å². The normalized spacial score (nSPS) is 14.9. The van der Waals surface area contributed by atoms with E-state index in [2.05, 4.69) is 0 Å². The van der Waals surface area contributed by atoms with Crippen molar-refractivity contribution in [3.05, 3.63) is 24.3 Å². The molecule has 0 spiro atoms. The Hall–Kier alpha value is -1.07. The van der Waals surface area contributed by atoms with Crippen LogP contribution >= 0.6 is 0 Å². The molecule has 5 heteroatoms. The smallest absolute Gasteiger partial charge is 0.182 e. The third-order valence-corrected chi connectivity index (χ3v) is 4.98. The predicted molar refractivity (Wildman–Crippen MR) is 77.2 cm³/mol. The Morgan fingerprint density at radius 1 is 1.26 bits per heavy atom. The van der Waals surface area contributed by atoms with Crippen LogP contribution in [0.15, 0.2) is 29.2 Å². The van der Waals surface area contributed by atoms with Crippen molar-refractivity contribution in [2.45, 2.75) is 44.0 Å². The van der Waals surface area contributed by atoms with Gasteiger partial charge in [0, 0.05) is 5.54 Å². The molecule has 19 heavy (non-hydrogen) atoms. The highest BCUT2D eigenvalue weighted by molar-refractivity contribution is 7.91. The first-order valence-corrected chi connectivity index (χ1v) is 8.21. The molecule has 0 amide bonds. The summed E-state index contributed by atoms with van der Waals surface area (Å²) in [6, 6.07) is 6.73. The summed E-state index contributed by atoms with van der Waals surface area (Å²) in [5.74, 6) is 0.516. The Balaban J connectivity index is 2.97. The van der Waals surface area contributed by atoms with E-state index in [1.807, 2.05) is 20.8 Å². The maximum Gasteiger partial charge on any atom is 0.182 e. The minimum Gasteiger partial charge on any atom is -0.490 e. The van der Waals surface area contributed by atoms with Gasteiger partial charge in [-0.3, -0.25) is 0 Å². The summed E-state index contributed by atoms with van der Waals surface area (Å²) in [5, 5.41) is 0. The van der Waals surface area contributed by atoms with Gasteiger partial charge in [-0.25, -0.2) is 8.42 Å². The van der Waals surface area contributed by atoms with Crippen molar-refractivity contribution in [1.82, 2.24) is 0 Å². The lowest BCUT2D eigenvalue weighted by Gasteiger charge is -2.23. The summed E-state index contributed by atoms with van der Waals surface area (Å²) < 4.78 is 29.9. The summed E-state index contributed by atoms with van der Waals surface area (Å²) >= 11 is 0. The summed E-state index contributed by atoms with van der Waals surface area (Å²) in [7, 11) is -3.28. The molecular formula is C14H23NO3S. The lowest BCUT2D eigenvalue weighted by atomic mass is 10.0. The van der Waals surface area contributed by atoms with E-state index in [0.29, 0.717) is 18.8 Å². The van der Waals surface area contributed by atoms with Crippen molar-refractivity contribution in [3.8, 4) is 5.75 Å². The van der Waals surface area contributed by atoms with Gasteiger partial charge in [0.25, 0.3) is 0 Å². The topological polar surface area (TPSA) is 69.4 Å². The van der Waals surface area contributed by atoms with Crippen molar-refractivity contribution in [1.29, 1.82) is 0 Å². The van der Waals surface area contributed by atoms with E-state index in [0.717, 1.165) is 6.42 Å². The lowest BCUT2D eigenvalue weighted by molar-refractivity contribution is 0.221. The molecule has 0 aromatic heterocycles. The molecule has 2 N–H and O–H groups in total. The zero-order valence-corrected chi connectivity index (χ0v) is 12.7. The van der Waals surface area contributed by atoms with Gasteiger partial charge in [-0.2, -0.15) is 0 Å². The summed E-state index contributed by atoms with van der Waals surface area (Å²) in [6.45, 7) is 6.00. The summed E-state index contributed by atoms with van der Waals surface area (Å²) in [4.78, 5) is 0.253. The Morgan fingerprint density at radius 2 is 1.89 bits per heavy atom. The number of hydrogen-bond donors (Lipinski definition) is 1. The second-order valence-electron chi connectivity index (χ2n) is 5.06. The Labute approximate surface area is 115 Å². The van der Waals surface area contributed by atoms with E-state index in [-0.39, 0.29) is 10.6 Å². The van der Waals surface area contributed by atoms with Crippen molar-refractivity contribution in [2.24, 2.45) is 5.73 Å². The average molecular weight is 285 g/mol. The van der Waals surface area contributed by atoms with Gasteiger partial charge in [0.2, 0.25) is 0 Å². The number of rotatable bonds is 7.